The molecule has 8 aliphatic heterocycles. The minimum atomic E-state index is -1.34. The van der Waals surface area contributed by atoms with Crippen LogP contribution >= 0.6 is 0 Å². The third kappa shape index (κ3) is 14.0. The number of rotatable bonds is 18. The topological polar surface area (TPSA) is 272 Å². The fourth-order valence-electron chi connectivity index (χ4n) is 18.8. The third-order valence-electron chi connectivity index (χ3n) is 24.2. The number of carbonyl (C=O) groups excluding carboxylic acids is 1. The number of aliphatic hydroxyl groups excluding tert-OH is 2. The van der Waals surface area contributed by atoms with E-state index in [0.29, 0.717) is 55.6 Å². The summed E-state index contributed by atoms with van der Waals surface area (Å²) < 4.78 is 119. The molecule has 10 fully saturated rings. The first kappa shape index (κ1) is 71.8. The summed E-state index contributed by atoms with van der Waals surface area (Å²) in [5.74, 6) is -0.0754. The van der Waals surface area contributed by atoms with E-state index in [4.69, 9.17) is 99.8 Å². The zero-order chi connectivity index (χ0) is 66.9. The molecule has 1 spiro atoms. The lowest BCUT2D eigenvalue weighted by atomic mass is 9.46. The Hall–Kier alpha value is -1.97. The maximum absolute atomic E-state index is 13.1. The molecule has 3 saturated carbocycles. The number of allylic oxidation sites excluding steroid dienone is 1. The minimum absolute atomic E-state index is 0.0182. The summed E-state index contributed by atoms with van der Waals surface area (Å²) in [6, 6.07) is 0. The Labute approximate surface area is 554 Å². The number of hydrogen-bond acceptors (Lipinski definition) is 25. The van der Waals surface area contributed by atoms with Crippen molar-refractivity contribution in [3.8, 4) is 0 Å². The zero-order valence-electron chi connectivity index (χ0n) is 57.9. The van der Waals surface area contributed by atoms with Crippen LogP contribution in [0.2, 0.25) is 0 Å². The number of fused-ring (bicyclic) bond motifs is 6. The van der Waals surface area contributed by atoms with Crippen LogP contribution in [0.25, 0.3) is 0 Å². The number of carbonyl (C=O) groups is 1. The first-order valence-electron chi connectivity index (χ1n) is 35.0. The number of methoxy groups -OCH3 is 5. The van der Waals surface area contributed by atoms with E-state index in [-0.39, 0.29) is 48.3 Å². The summed E-state index contributed by atoms with van der Waals surface area (Å²) in [4.78, 5) is 25.6. The highest BCUT2D eigenvalue weighted by Crippen LogP contribution is 2.68. The Kier molecular flexibility index (Phi) is 22.3. The van der Waals surface area contributed by atoms with Crippen LogP contribution in [0.15, 0.2) is 23.5 Å². The average molecular weight is 1340 g/mol. The highest BCUT2D eigenvalue weighted by Gasteiger charge is 2.66. The molecular formula is C69H110O25. The van der Waals surface area contributed by atoms with E-state index in [1.165, 1.54) is 12.7 Å². The molecule has 12 aliphatic rings. The smallest absolute Gasteiger partial charge is 0.252 e. The van der Waals surface area contributed by atoms with E-state index in [1.54, 1.807) is 41.4 Å². The fourth-order valence-corrected chi connectivity index (χ4v) is 18.8. The molecule has 0 amide bonds. The van der Waals surface area contributed by atoms with Crippen molar-refractivity contribution in [3.05, 3.63) is 23.5 Å². The summed E-state index contributed by atoms with van der Waals surface area (Å²) >= 11 is 0. The van der Waals surface area contributed by atoms with Gasteiger partial charge >= 0.3 is 0 Å². The van der Waals surface area contributed by atoms with Crippen LogP contribution in [-0.2, 0) is 105 Å². The van der Waals surface area contributed by atoms with Gasteiger partial charge in [-0.2, -0.15) is 4.89 Å². The van der Waals surface area contributed by atoms with Crippen LogP contribution in [0.3, 0.4) is 0 Å². The van der Waals surface area contributed by atoms with Crippen molar-refractivity contribution in [2.24, 2.45) is 28.6 Å². The number of Topliss-reactive ketones (excluding diaryl/α,β-unsaturated/α-hetero) is 1. The normalized spacial score (nSPS) is 51.9. The van der Waals surface area contributed by atoms with Gasteiger partial charge in [-0.1, -0.05) is 25.5 Å². The van der Waals surface area contributed by atoms with Crippen molar-refractivity contribution in [2.75, 3.05) is 42.2 Å². The second-order valence-electron chi connectivity index (χ2n) is 29.8. The fraction of sp³-hybridized carbons (Fsp3) is 0.928. The summed E-state index contributed by atoms with van der Waals surface area (Å²) in [6.45, 7) is 19.9. The molecule has 0 aromatic carbocycles. The van der Waals surface area contributed by atoms with Gasteiger partial charge in [-0.3, -0.25) is 4.79 Å². The molecule has 34 atom stereocenters. The van der Waals surface area contributed by atoms with E-state index in [2.05, 4.69) is 19.9 Å². The summed E-state index contributed by atoms with van der Waals surface area (Å²) in [5.41, 5.74) is 0.0000663. The molecule has 0 radical (unpaired) electrons. The predicted molar refractivity (Wildman–Crippen MR) is 330 cm³/mol. The zero-order valence-corrected chi connectivity index (χ0v) is 57.9. The Morgan fingerprint density at radius 3 is 1.81 bits per heavy atom. The summed E-state index contributed by atoms with van der Waals surface area (Å²) in [6.07, 6.45) is -2.72. The van der Waals surface area contributed by atoms with Gasteiger partial charge in [0.05, 0.1) is 104 Å². The first-order valence-corrected chi connectivity index (χ1v) is 35.0. The lowest BCUT2D eigenvalue weighted by Crippen LogP contribution is -2.60. The molecular weight excluding hydrogens is 1230 g/mol. The SMILES string of the molecule is COC1=CC(C)OC(OC2CCC3(C)C(=CCC4C3CCC3(C)C4CCC3(O)C(C)OC3CC4OCC5(CC(OC)C(OC6CC(OC)C(OC7CC(O)C(OC8CC(OC)C(OC9CC(OC)C(O)C(C)O9)C(C)O8)C(C)O7)C(C)O6)C(C)O5)OOC4C(C)O3)C2)C1=O. The summed E-state index contributed by atoms with van der Waals surface area (Å²) in [5, 5.41) is 35.1. The number of ketones is 1. The summed E-state index contributed by atoms with van der Waals surface area (Å²) in [7, 11) is 7.92. The molecule has 25 nitrogen and oxygen atoms in total. The number of hydrogen-bond donors (Lipinski definition) is 3. The molecule has 3 N–H and O–H groups in total. The van der Waals surface area contributed by atoms with E-state index >= 15 is 0 Å². The van der Waals surface area contributed by atoms with E-state index in [0.717, 1.165) is 44.9 Å². The van der Waals surface area contributed by atoms with Gasteiger partial charge in [0, 0.05) is 72.4 Å². The lowest BCUT2D eigenvalue weighted by Gasteiger charge is -2.59. The van der Waals surface area contributed by atoms with Crippen molar-refractivity contribution in [3.63, 3.8) is 0 Å². The molecule has 7 saturated heterocycles. The van der Waals surface area contributed by atoms with Gasteiger partial charge in [0.1, 0.15) is 43.2 Å². The van der Waals surface area contributed by atoms with Crippen LogP contribution in [0, 0.1) is 28.6 Å². The molecule has 4 aliphatic carbocycles. The molecule has 0 aromatic heterocycles. The largest absolute Gasteiger partial charge is 0.493 e. The van der Waals surface area contributed by atoms with Crippen LogP contribution in [0.4, 0.5) is 0 Å². The third-order valence-corrected chi connectivity index (χ3v) is 24.2. The van der Waals surface area contributed by atoms with Gasteiger partial charge in [-0.05, 0) is 136 Å². The van der Waals surface area contributed by atoms with Crippen LogP contribution < -0.4 is 0 Å². The Morgan fingerprint density at radius 1 is 0.606 bits per heavy atom. The van der Waals surface area contributed by atoms with Gasteiger partial charge < -0.3 is 105 Å². The molecule has 536 valence electrons. The lowest BCUT2D eigenvalue weighted by molar-refractivity contribution is -0.472. The van der Waals surface area contributed by atoms with Crippen molar-refractivity contribution >= 4 is 5.78 Å². The predicted octanol–water partition coefficient (Wildman–Crippen LogP) is 6.53. The quantitative estimate of drug-likeness (QED) is 0.0972. The second kappa shape index (κ2) is 29.2. The van der Waals surface area contributed by atoms with Crippen molar-refractivity contribution < 1.29 is 120 Å². The Morgan fingerprint density at radius 2 is 1.18 bits per heavy atom. The molecule has 0 aromatic rings. The van der Waals surface area contributed by atoms with E-state index in [1.807, 2.05) is 48.5 Å². The van der Waals surface area contributed by atoms with Crippen molar-refractivity contribution in [1.29, 1.82) is 0 Å². The van der Waals surface area contributed by atoms with E-state index < -0.39 is 165 Å². The number of ether oxygens (including phenoxy) is 19. The first-order chi connectivity index (χ1) is 44.8. The molecule has 94 heavy (non-hydrogen) atoms. The van der Waals surface area contributed by atoms with Crippen LogP contribution in [0.5, 0.6) is 0 Å². The highest BCUT2D eigenvalue weighted by atomic mass is 17.2. The number of aliphatic hydroxyl groups is 3. The van der Waals surface area contributed by atoms with Crippen LogP contribution in [-0.4, -0.2) is 241 Å². The van der Waals surface area contributed by atoms with Crippen LogP contribution in [0.1, 0.15) is 159 Å². The van der Waals surface area contributed by atoms with E-state index in [9.17, 15) is 20.1 Å². The standard InChI is InChI=1S/C69H110O25/c1-33-24-47(74-11)59(72)65(80-33)87-42-18-21-66(9)41(25-42)16-17-43-44(66)19-22-67(10)45(43)20-23-69(67,73)40(8)86-54-30-51-64(38(6)85-54)93-94-68(32-79-51)31-52(78-15)63(39(7)92-68)91-57-29-50(77-14)61(36(4)84-57)89-53-26-46(70)60(35(3)82-53)88-56-28-49(76-13)62(37(5)83-56)90-55-27-48(75-12)58(71)34(2)81-55/h16,24,33-40,42-46,48-58,60-65,70-71,73H,17-23,25-32H2,1-15H3. The minimum Gasteiger partial charge on any atom is -0.493 e. The van der Waals surface area contributed by atoms with Gasteiger partial charge in [-0.25, -0.2) is 4.89 Å². The molecule has 0 bridgehead atoms. The maximum Gasteiger partial charge on any atom is 0.252 e. The molecule has 25 heteroatoms. The highest BCUT2D eigenvalue weighted by molar-refractivity contribution is 5.96. The average Bonchev–Trinajstić information content (AvgIpc) is 1.46. The van der Waals surface area contributed by atoms with Gasteiger partial charge in [0.2, 0.25) is 12.1 Å². The van der Waals surface area contributed by atoms with Gasteiger partial charge in [0.15, 0.2) is 37.2 Å². The second-order valence-corrected chi connectivity index (χ2v) is 29.8. The Bertz CT molecular complexity index is 2610. The molecule has 8 heterocycles. The van der Waals surface area contributed by atoms with Gasteiger partial charge in [0.25, 0.3) is 5.78 Å². The Balaban J connectivity index is 0.601. The molecule has 12 rings (SSSR count). The van der Waals surface area contributed by atoms with Gasteiger partial charge in [-0.15, -0.1) is 0 Å². The monoisotopic (exact) mass is 1340 g/mol. The molecule has 34 unspecified atom stereocenters. The maximum atomic E-state index is 13.1. The van der Waals surface area contributed by atoms with Crippen molar-refractivity contribution in [2.45, 2.75) is 336 Å². The van der Waals surface area contributed by atoms with Crippen molar-refractivity contribution in [1.82, 2.24) is 0 Å².